The minimum absolute atomic E-state index is 0.162. The lowest BCUT2D eigenvalue weighted by molar-refractivity contribution is 0.298. The van der Waals surface area contributed by atoms with Crippen molar-refractivity contribution in [3.05, 3.63) is 0 Å². The summed E-state index contributed by atoms with van der Waals surface area (Å²) in [4.78, 5) is 0. The number of sulfonamides is 1. The molecule has 0 bridgehead atoms. The molecule has 1 atom stereocenters. The van der Waals surface area contributed by atoms with Crippen molar-refractivity contribution < 1.29 is 8.42 Å². The molecule has 2 rings (SSSR count). The highest BCUT2D eigenvalue weighted by Gasteiger charge is 2.24. The second kappa shape index (κ2) is 7.73. The molecule has 118 valence electrons. The molecule has 5 nitrogen and oxygen atoms in total. The summed E-state index contributed by atoms with van der Waals surface area (Å²) in [5.41, 5.74) is 0. The smallest absolute Gasteiger partial charge is 0.211 e. The lowest BCUT2D eigenvalue weighted by Gasteiger charge is -2.29. The van der Waals surface area contributed by atoms with E-state index in [-0.39, 0.29) is 11.8 Å². The summed E-state index contributed by atoms with van der Waals surface area (Å²) in [6, 6.07) is 0.162. The van der Waals surface area contributed by atoms with Crippen LogP contribution >= 0.6 is 0 Å². The maximum absolute atomic E-state index is 11.5. The third-order valence-corrected chi connectivity index (χ3v) is 6.05. The molecule has 1 aliphatic heterocycles. The maximum atomic E-state index is 11.5. The van der Waals surface area contributed by atoms with Gasteiger partial charge in [0, 0.05) is 6.04 Å². The SMILES string of the molecule is CCS(=O)(=O)NC1CCC(CNC[C@H]2CCNC2)CC1. The van der Waals surface area contributed by atoms with E-state index in [1.54, 1.807) is 6.92 Å². The van der Waals surface area contributed by atoms with Crippen molar-refractivity contribution in [2.24, 2.45) is 11.8 Å². The molecule has 0 unspecified atom stereocenters. The third kappa shape index (κ3) is 5.31. The van der Waals surface area contributed by atoms with Crippen LogP contribution in [0.5, 0.6) is 0 Å². The van der Waals surface area contributed by atoms with E-state index in [9.17, 15) is 8.42 Å². The minimum Gasteiger partial charge on any atom is -0.316 e. The van der Waals surface area contributed by atoms with Crippen LogP contribution < -0.4 is 15.4 Å². The molecule has 0 radical (unpaired) electrons. The van der Waals surface area contributed by atoms with Gasteiger partial charge in [0.15, 0.2) is 0 Å². The van der Waals surface area contributed by atoms with Crippen LogP contribution in [0.1, 0.15) is 39.0 Å². The molecule has 0 aromatic rings. The summed E-state index contributed by atoms with van der Waals surface area (Å²) in [6.45, 7) is 6.21. The molecular weight excluding hydrogens is 274 g/mol. The van der Waals surface area contributed by atoms with Crippen molar-refractivity contribution >= 4 is 10.0 Å². The fraction of sp³-hybridized carbons (Fsp3) is 1.00. The second-order valence-corrected chi connectivity index (χ2v) is 8.30. The van der Waals surface area contributed by atoms with Crippen molar-refractivity contribution in [1.29, 1.82) is 0 Å². The van der Waals surface area contributed by atoms with Gasteiger partial charge in [-0.25, -0.2) is 13.1 Å². The molecule has 2 aliphatic rings. The van der Waals surface area contributed by atoms with Crippen molar-refractivity contribution in [3.63, 3.8) is 0 Å². The average Bonchev–Trinajstić information content (AvgIpc) is 2.94. The van der Waals surface area contributed by atoms with Crippen molar-refractivity contribution in [1.82, 2.24) is 15.4 Å². The Balaban J connectivity index is 1.59. The van der Waals surface area contributed by atoms with E-state index in [0.29, 0.717) is 5.92 Å². The summed E-state index contributed by atoms with van der Waals surface area (Å²) in [7, 11) is -3.04. The van der Waals surface area contributed by atoms with E-state index in [2.05, 4.69) is 15.4 Å². The Morgan fingerprint density at radius 3 is 2.35 bits per heavy atom. The molecule has 3 N–H and O–H groups in total. The van der Waals surface area contributed by atoms with E-state index >= 15 is 0 Å². The highest BCUT2D eigenvalue weighted by Crippen LogP contribution is 2.24. The molecule has 1 heterocycles. The number of rotatable bonds is 7. The lowest BCUT2D eigenvalue weighted by Crippen LogP contribution is -2.40. The Hall–Kier alpha value is -0.170. The fourth-order valence-corrected chi connectivity index (χ4v) is 4.11. The topological polar surface area (TPSA) is 70.2 Å². The van der Waals surface area contributed by atoms with E-state index in [1.165, 1.54) is 6.42 Å². The Labute approximate surface area is 123 Å². The summed E-state index contributed by atoms with van der Waals surface area (Å²) >= 11 is 0. The highest BCUT2D eigenvalue weighted by atomic mass is 32.2. The van der Waals surface area contributed by atoms with Gasteiger partial charge in [-0.3, -0.25) is 0 Å². The Kier molecular flexibility index (Phi) is 6.26. The van der Waals surface area contributed by atoms with Crippen LogP contribution in [0.25, 0.3) is 0 Å². The largest absolute Gasteiger partial charge is 0.316 e. The fourth-order valence-electron chi connectivity index (χ4n) is 3.20. The second-order valence-electron chi connectivity index (χ2n) is 6.26. The predicted molar refractivity (Wildman–Crippen MR) is 82.2 cm³/mol. The molecule has 6 heteroatoms. The molecule has 0 aromatic heterocycles. The van der Waals surface area contributed by atoms with Crippen molar-refractivity contribution in [3.8, 4) is 0 Å². The van der Waals surface area contributed by atoms with Crippen molar-refractivity contribution in [2.75, 3.05) is 31.9 Å². The minimum atomic E-state index is -3.04. The Morgan fingerprint density at radius 2 is 1.75 bits per heavy atom. The quantitative estimate of drug-likeness (QED) is 0.647. The van der Waals surface area contributed by atoms with Gasteiger partial charge in [0.05, 0.1) is 5.75 Å². The summed E-state index contributed by atoms with van der Waals surface area (Å²) in [5.74, 6) is 1.69. The zero-order valence-corrected chi connectivity index (χ0v) is 13.3. The Morgan fingerprint density at radius 1 is 1.05 bits per heavy atom. The first-order valence-corrected chi connectivity index (χ1v) is 9.65. The lowest BCUT2D eigenvalue weighted by atomic mass is 9.86. The first-order chi connectivity index (χ1) is 9.59. The van der Waals surface area contributed by atoms with E-state index < -0.39 is 10.0 Å². The first-order valence-electron chi connectivity index (χ1n) is 8.00. The van der Waals surface area contributed by atoms with Gasteiger partial charge in [0.25, 0.3) is 0 Å². The van der Waals surface area contributed by atoms with E-state index in [1.807, 2.05) is 0 Å². The molecule has 2 fully saturated rings. The van der Waals surface area contributed by atoms with E-state index in [4.69, 9.17) is 0 Å². The maximum Gasteiger partial charge on any atom is 0.211 e. The van der Waals surface area contributed by atoms with Gasteiger partial charge in [-0.05, 0) is 77.0 Å². The predicted octanol–water partition coefficient (Wildman–Crippen LogP) is 0.684. The number of hydrogen-bond donors (Lipinski definition) is 3. The van der Waals surface area contributed by atoms with Crippen LogP contribution in [0.3, 0.4) is 0 Å². The van der Waals surface area contributed by atoms with Crippen LogP contribution in [0, 0.1) is 11.8 Å². The molecule has 0 amide bonds. The third-order valence-electron chi connectivity index (χ3n) is 4.60. The Bertz CT molecular complexity index is 372. The molecule has 1 saturated carbocycles. The molecular formula is C14H29N3O2S. The molecule has 0 spiro atoms. The summed E-state index contributed by atoms with van der Waals surface area (Å²) in [5, 5.41) is 6.98. The van der Waals surface area contributed by atoms with E-state index in [0.717, 1.165) is 57.8 Å². The number of hydrogen-bond acceptors (Lipinski definition) is 4. The van der Waals surface area contributed by atoms with Crippen LogP contribution in [0.2, 0.25) is 0 Å². The van der Waals surface area contributed by atoms with Crippen LogP contribution in [-0.4, -0.2) is 46.4 Å². The van der Waals surface area contributed by atoms with Crippen LogP contribution in [0.15, 0.2) is 0 Å². The molecule has 20 heavy (non-hydrogen) atoms. The van der Waals surface area contributed by atoms with Gasteiger partial charge in [0.2, 0.25) is 10.0 Å². The zero-order valence-electron chi connectivity index (χ0n) is 12.5. The highest BCUT2D eigenvalue weighted by molar-refractivity contribution is 7.89. The van der Waals surface area contributed by atoms with Crippen molar-refractivity contribution in [2.45, 2.75) is 45.1 Å². The van der Waals surface area contributed by atoms with Gasteiger partial charge in [-0.1, -0.05) is 0 Å². The summed E-state index contributed by atoms with van der Waals surface area (Å²) < 4.78 is 25.9. The summed E-state index contributed by atoms with van der Waals surface area (Å²) in [6.07, 6.45) is 5.52. The van der Waals surface area contributed by atoms with Crippen LogP contribution in [-0.2, 0) is 10.0 Å². The van der Waals surface area contributed by atoms with Gasteiger partial charge in [0.1, 0.15) is 0 Å². The van der Waals surface area contributed by atoms with Gasteiger partial charge < -0.3 is 10.6 Å². The van der Waals surface area contributed by atoms with Gasteiger partial charge >= 0.3 is 0 Å². The molecule has 1 saturated heterocycles. The van der Waals surface area contributed by atoms with Crippen LogP contribution in [0.4, 0.5) is 0 Å². The first kappa shape index (κ1) is 16.2. The van der Waals surface area contributed by atoms with Gasteiger partial charge in [-0.2, -0.15) is 0 Å². The average molecular weight is 303 g/mol. The standard InChI is InChI=1S/C14H29N3O2S/c1-2-20(18,19)17-14-5-3-12(4-6-14)9-16-11-13-7-8-15-10-13/h12-17H,2-11H2,1H3/t12?,13-,14?/m0/s1. The molecule has 1 aliphatic carbocycles. The molecule has 0 aromatic carbocycles. The zero-order chi connectivity index (χ0) is 14.4. The van der Waals surface area contributed by atoms with Gasteiger partial charge in [-0.15, -0.1) is 0 Å². The number of nitrogens with one attached hydrogen (secondary N) is 3. The normalized spacial score (nSPS) is 31.6. The monoisotopic (exact) mass is 303 g/mol.